The van der Waals surface area contributed by atoms with E-state index in [0.717, 1.165) is 25.9 Å². The van der Waals surface area contributed by atoms with Crippen molar-refractivity contribution >= 4 is 18.3 Å². The Balaban J connectivity index is 0.00000300. The second kappa shape index (κ2) is 11.0. The summed E-state index contributed by atoms with van der Waals surface area (Å²) < 4.78 is 37.3. The Morgan fingerprint density at radius 3 is 2.93 bits per heavy atom. The van der Waals surface area contributed by atoms with Crippen molar-refractivity contribution in [1.82, 2.24) is 20.4 Å². The molecule has 1 amide bonds. The molecule has 7 nitrogen and oxygen atoms in total. The Bertz CT molecular complexity index is 798. The van der Waals surface area contributed by atoms with Gasteiger partial charge in [0, 0.05) is 24.8 Å². The van der Waals surface area contributed by atoms with Gasteiger partial charge in [-0.25, -0.2) is 0 Å². The Kier molecular flexibility index (Phi) is 8.66. The number of piperidine rings is 1. The summed E-state index contributed by atoms with van der Waals surface area (Å²) in [5.74, 6) is -0.241. The maximum Gasteiger partial charge on any atom is 0.387 e. The third kappa shape index (κ3) is 6.04. The van der Waals surface area contributed by atoms with Gasteiger partial charge in [0.2, 0.25) is 0 Å². The zero-order valence-electron chi connectivity index (χ0n) is 16.1. The summed E-state index contributed by atoms with van der Waals surface area (Å²) in [5, 5.41) is 10.4. The molecule has 2 heterocycles. The summed E-state index contributed by atoms with van der Waals surface area (Å²) in [5.41, 5.74) is 0.679. The number of hydrogen-bond donors (Lipinski definition) is 2. The monoisotopic (exact) mass is 430 g/mol. The average Bonchev–Trinajstić information content (AvgIpc) is 3.19. The fraction of sp³-hybridized carbons (Fsp3) is 0.474. The van der Waals surface area contributed by atoms with Crippen LogP contribution in [-0.4, -0.2) is 42.0 Å². The topological polar surface area (TPSA) is 77.4 Å². The number of benzene rings is 1. The van der Waals surface area contributed by atoms with E-state index in [4.69, 9.17) is 4.74 Å². The molecule has 1 atom stereocenters. The minimum atomic E-state index is -2.99. The van der Waals surface area contributed by atoms with Crippen molar-refractivity contribution in [3.63, 3.8) is 0 Å². The van der Waals surface area contributed by atoms with E-state index in [1.807, 2.05) is 0 Å². The van der Waals surface area contributed by atoms with E-state index in [-0.39, 0.29) is 48.1 Å². The molecule has 1 saturated heterocycles. The molecule has 1 aromatic carbocycles. The van der Waals surface area contributed by atoms with E-state index in [1.165, 1.54) is 0 Å². The van der Waals surface area contributed by atoms with Crippen molar-refractivity contribution in [3.05, 3.63) is 41.7 Å². The van der Waals surface area contributed by atoms with Gasteiger partial charge in [-0.15, -0.1) is 12.4 Å². The first-order chi connectivity index (χ1) is 13.6. The zero-order chi connectivity index (χ0) is 19.9. The van der Waals surface area contributed by atoms with E-state index in [0.29, 0.717) is 12.2 Å². The van der Waals surface area contributed by atoms with E-state index in [1.54, 1.807) is 42.1 Å². The van der Waals surface area contributed by atoms with Crippen LogP contribution in [0.4, 0.5) is 8.78 Å². The number of para-hydroxylation sites is 1. The molecule has 0 bridgehead atoms. The Morgan fingerprint density at radius 2 is 2.24 bits per heavy atom. The fourth-order valence-electron chi connectivity index (χ4n) is 3.18. The summed E-state index contributed by atoms with van der Waals surface area (Å²) in [6.07, 6.45) is 3.86. The predicted octanol–water partition coefficient (Wildman–Crippen LogP) is 3.16. The first-order valence-corrected chi connectivity index (χ1v) is 9.32. The highest BCUT2D eigenvalue weighted by molar-refractivity contribution is 5.92. The molecule has 0 aliphatic carbocycles. The van der Waals surface area contributed by atoms with Gasteiger partial charge in [-0.05, 0) is 38.4 Å². The number of halogens is 3. The Hall–Kier alpha value is -2.39. The largest absolute Gasteiger partial charge is 0.490 e. The smallest absolute Gasteiger partial charge is 0.387 e. The van der Waals surface area contributed by atoms with E-state index >= 15 is 0 Å². The number of hydrogen-bond acceptors (Lipinski definition) is 5. The SMILES string of the molecule is CCOc1cccc(CNC(=O)c2ccn(C3CCCNC3)n2)c1OC(F)F.Cl. The van der Waals surface area contributed by atoms with Crippen molar-refractivity contribution in [2.75, 3.05) is 19.7 Å². The maximum absolute atomic E-state index is 12.8. The van der Waals surface area contributed by atoms with Crippen molar-refractivity contribution in [3.8, 4) is 11.5 Å². The third-order valence-corrected chi connectivity index (χ3v) is 4.49. The van der Waals surface area contributed by atoms with E-state index < -0.39 is 6.61 Å². The summed E-state index contributed by atoms with van der Waals surface area (Å²) in [6.45, 7) is 0.896. The van der Waals surface area contributed by atoms with Gasteiger partial charge in [0.05, 0.1) is 12.6 Å². The van der Waals surface area contributed by atoms with Crippen LogP contribution in [-0.2, 0) is 6.54 Å². The lowest BCUT2D eigenvalue weighted by atomic mass is 10.1. The molecule has 1 aliphatic rings. The molecule has 160 valence electrons. The van der Waals surface area contributed by atoms with Crippen LogP contribution in [0.2, 0.25) is 0 Å². The van der Waals surface area contributed by atoms with Gasteiger partial charge in [0.25, 0.3) is 5.91 Å². The molecule has 2 N–H and O–H groups in total. The molecule has 10 heteroatoms. The van der Waals surface area contributed by atoms with Gasteiger partial charge in [0.1, 0.15) is 5.69 Å². The standard InChI is InChI=1S/C19H24F2N4O3.ClH/c1-2-27-16-7-3-5-13(17(16)28-19(20)21)11-23-18(26)15-8-10-25(24-15)14-6-4-9-22-12-14;/h3,5,7-8,10,14,19,22H,2,4,6,9,11-12H2,1H3,(H,23,26);1H. The number of ether oxygens (including phenoxy) is 2. The average molecular weight is 431 g/mol. The van der Waals surface area contributed by atoms with Gasteiger partial charge in [-0.2, -0.15) is 13.9 Å². The number of nitrogens with zero attached hydrogens (tertiary/aromatic N) is 2. The van der Waals surface area contributed by atoms with E-state index in [9.17, 15) is 13.6 Å². The molecule has 0 radical (unpaired) electrons. The van der Waals surface area contributed by atoms with Crippen LogP contribution in [0.15, 0.2) is 30.5 Å². The molecule has 2 aromatic rings. The van der Waals surface area contributed by atoms with Crippen molar-refractivity contribution in [2.24, 2.45) is 0 Å². The summed E-state index contributed by atoms with van der Waals surface area (Å²) in [6, 6.07) is 6.69. The Labute approximate surface area is 174 Å². The van der Waals surface area contributed by atoms with Crippen LogP contribution >= 0.6 is 12.4 Å². The molecule has 29 heavy (non-hydrogen) atoms. The first kappa shape index (κ1) is 22.9. The lowest BCUT2D eigenvalue weighted by Crippen LogP contribution is -2.32. The number of rotatable bonds is 8. The van der Waals surface area contributed by atoms with Crippen molar-refractivity contribution < 1.29 is 23.0 Å². The van der Waals surface area contributed by atoms with Gasteiger partial charge in [-0.1, -0.05) is 12.1 Å². The third-order valence-electron chi connectivity index (χ3n) is 4.49. The molecular weight excluding hydrogens is 406 g/mol. The molecule has 0 saturated carbocycles. The van der Waals surface area contributed by atoms with Crippen molar-refractivity contribution in [2.45, 2.75) is 39.0 Å². The molecule has 1 unspecified atom stereocenters. The number of nitrogens with one attached hydrogen (secondary N) is 2. The lowest BCUT2D eigenvalue weighted by Gasteiger charge is -2.22. The predicted molar refractivity (Wildman–Crippen MR) is 106 cm³/mol. The molecule has 1 aliphatic heterocycles. The molecule has 0 spiro atoms. The number of carbonyl (C=O) groups is 1. The molecular formula is C19H25ClF2N4O3. The van der Waals surface area contributed by atoms with Gasteiger partial charge < -0.3 is 20.1 Å². The quantitative estimate of drug-likeness (QED) is 0.672. The van der Waals surface area contributed by atoms with Crippen molar-refractivity contribution in [1.29, 1.82) is 0 Å². The van der Waals surface area contributed by atoms with Crippen LogP contribution < -0.4 is 20.1 Å². The fourth-order valence-corrected chi connectivity index (χ4v) is 3.18. The minimum absolute atomic E-state index is 0. The second-order valence-electron chi connectivity index (χ2n) is 6.42. The normalized spacial score (nSPS) is 16.2. The van der Waals surface area contributed by atoms with Crippen LogP contribution in [0.25, 0.3) is 0 Å². The summed E-state index contributed by atoms with van der Waals surface area (Å²) in [4.78, 5) is 12.4. The minimum Gasteiger partial charge on any atom is -0.490 e. The number of carbonyl (C=O) groups excluding carboxylic acids is 1. The highest BCUT2D eigenvalue weighted by Crippen LogP contribution is 2.32. The molecule has 1 aromatic heterocycles. The van der Waals surface area contributed by atoms with Gasteiger partial charge in [0.15, 0.2) is 11.5 Å². The number of amides is 1. The zero-order valence-corrected chi connectivity index (χ0v) is 16.9. The molecule has 3 rings (SSSR count). The highest BCUT2D eigenvalue weighted by Gasteiger charge is 2.19. The van der Waals surface area contributed by atoms with E-state index in [2.05, 4.69) is 20.5 Å². The van der Waals surface area contributed by atoms with Gasteiger partial charge in [-0.3, -0.25) is 9.48 Å². The number of alkyl halides is 2. The van der Waals surface area contributed by atoms with Gasteiger partial charge >= 0.3 is 6.61 Å². The van der Waals surface area contributed by atoms with Crippen LogP contribution in [0, 0.1) is 0 Å². The van der Waals surface area contributed by atoms with Crippen LogP contribution in [0.1, 0.15) is 41.9 Å². The second-order valence-corrected chi connectivity index (χ2v) is 6.42. The number of aromatic nitrogens is 2. The maximum atomic E-state index is 12.8. The lowest BCUT2D eigenvalue weighted by molar-refractivity contribution is -0.0520. The Morgan fingerprint density at radius 1 is 1.41 bits per heavy atom. The first-order valence-electron chi connectivity index (χ1n) is 9.32. The van der Waals surface area contributed by atoms with Crippen LogP contribution in [0.3, 0.4) is 0 Å². The van der Waals surface area contributed by atoms with Crippen LogP contribution in [0.5, 0.6) is 11.5 Å². The highest BCUT2D eigenvalue weighted by atomic mass is 35.5. The summed E-state index contributed by atoms with van der Waals surface area (Å²) in [7, 11) is 0. The summed E-state index contributed by atoms with van der Waals surface area (Å²) >= 11 is 0. The molecule has 1 fully saturated rings.